The van der Waals surface area contributed by atoms with Crippen molar-refractivity contribution >= 4 is 23.3 Å². The van der Waals surface area contributed by atoms with E-state index in [-0.39, 0.29) is 5.92 Å². The van der Waals surface area contributed by atoms with Crippen molar-refractivity contribution in [2.24, 2.45) is 5.92 Å². The van der Waals surface area contributed by atoms with Crippen LogP contribution < -0.4 is 5.32 Å². The summed E-state index contributed by atoms with van der Waals surface area (Å²) in [5, 5.41) is 11.9. The molecule has 1 unspecified atom stereocenters. The van der Waals surface area contributed by atoms with Crippen LogP contribution >= 0.6 is 0 Å². The normalized spacial score (nSPS) is 17.6. The first kappa shape index (κ1) is 17.8. The number of allylic oxidation sites excluding steroid dienone is 3. The van der Waals surface area contributed by atoms with E-state index in [2.05, 4.69) is 5.32 Å². The number of anilines is 1. The Bertz CT molecular complexity index is 693. The molecule has 0 radical (unpaired) electrons. The molecule has 1 amide bonds. The molecule has 0 heterocycles. The Morgan fingerprint density at radius 2 is 1.83 bits per heavy atom. The van der Waals surface area contributed by atoms with Gasteiger partial charge in [-0.3, -0.25) is 5.32 Å². The number of hydrogen-bond acceptors (Lipinski definition) is 3. The van der Waals surface area contributed by atoms with Crippen molar-refractivity contribution in [3.8, 4) is 0 Å². The van der Waals surface area contributed by atoms with Gasteiger partial charge < -0.3 is 9.84 Å². The summed E-state index contributed by atoms with van der Waals surface area (Å²) in [7, 11) is 0. The molecule has 1 aromatic rings. The van der Waals surface area contributed by atoms with Gasteiger partial charge in [0.25, 0.3) is 0 Å². The van der Waals surface area contributed by atoms with Gasteiger partial charge in [0.2, 0.25) is 0 Å². The van der Waals surface area contributed by atoms with Gasteiger partial charge in [-0.1, -0.05) is 25.1 Å². The van der Waals surface area contributed by atoms with Gasteiger partial charge in [-0.25, -0.2) is 9.59 Å². The molecule has 2 rings (SSSR count). The lowest BCUT2D eigenvalue weighted by Crippen LogP contribution is -2.27. The highest BCUT2D eigenvalue weighted by Gasteiger charge is 2.20. The fraction of sp³-hybridized carbons (Fsp3) is 0.368. The lowest BCUT2D eigenvalue weighted by atomic mass is 9.87. The molecule has 5 nitrogen and oxygen atoms in total. The van der Waals surface area contributed by atoms with Crippen LogP contribution in [0.2, 0.25) is 0 Å². The molecular formula is C19H23NO4. The Morgan fingerprint density at radius 3 is 2.38 bits per heavy atom. The molecule has 0 aliphatic heterocycles. The molecule has 2 N–H and O–H groups in total. The molecule has 0 saturated heterocycles. The van der Waals surface area contributed by atoms with E-state index in [1.54, 1.807) is 39.0 Å². The van der Waals surface area contributed by atoms with Crippen molar-refractivity contribution in [2.45, 2.75) is 39.7 Å². The lowest BCUT2D eigenvalue weighted by molar-refractivity contribution is -0.133. The minimum atomic E-state index is -0.878. The third kappa shape index (κ3) is 4.72. The number of aliphatic carboxylic acids is 1. The number of ether oxygens (including phenoxy) is 1. The molecule has 1 aliphatic rings. The van der Waals surface area contributed by atoms with Gasteiger partial charge in [-0.15, -0.1) is 0 Å². The highest BCUT2D eigenvalue weighted by atomic mass is 16.6. The molecule has 0 fully saturated rings. The van der Waals surface area contributed by atoms with Crippen molar-refractivity contribution in [2.75, 3.05) is 5.32 Å². The quantitative estimate of drug-likeness (QED) is 0.858. The number of carbonyl (C=O) groups is 2. The second-order valence-electron chi connectivity index (χ2n) is 6.91. The fourth-order valence-corrected chi connectivity index (χ4v) is 2.44. The Balaban J connectivity index is 2.10. The van der Waals surface area contributed by atoms with Gasteiger partial charge in [0.15, 0.2) is 0 Å². The van der Waals surface area contributed by atoms with Crippen LogP contribution in [0.25, 0.3) is 5.57 Å². The van der Waals surface area contributed by atoms with Crippen LogP contribution in [0.4, 0.5) is 10.5 Å². The summed E-state index contributed by atoms with van der Waals surface area (Å²) in [4.78, 5) is 23.0. The topological polar surface area (TPSA) is 75.6 Å². The number of nitrogens with one attached hydrogen (secondary N) is 1. The van der Waals surface area contributed by atoms with Crippen LogP contribution in [0.1, 0.15) is 39.7 Å². The van der Waals surface area contributed by atoms with Crippen molar-refractivity contribution in [1.29, 1.82) is 0 Å². The van der Waals surface area contributed by atoms with Gasteiger partial charge in [-0.2, -0.15) is 0 Å². The van der Waals surface area contributed by atoms with Crippen LogP contribution in [0.3, 0.4) is 0 Å². The van der Waals surface area contributed by atoms with Gasteiger partial charge >= 0.3 is 12.1 Å². The van der Waals surface area contributed by atoms with E-state index < -0.39 is 17.7 Å². The highest BCUT2D eigenvalue weighted by Crippen LogP contribution is 2.29. The first-order valence-electron chi connectivity index (χ1n) is 7.91. The molecule has 1 aromatic carbocycles. The maximum Gasteiger partial charge on any atom is 0.412 e. The van der Waals surface area contributed by atoms with Crippen LogP contribution in [-0.2, 0) is 9.53 Å². The van der Waals surface area contributed by atoms with E-state index in [9.17, 15) is 14.7 Å². The third-order valence-electron chi connectivity index (χ3n) is 3.64. The number of amides is 1. The predicted molar refractivity (Wildman–Crippen MR) is 93.8 cm³/mol. The van der Waals surface area contributed by atoms with Crippen LogP contribution in [0, 0.1) is 5.92 Å². The summed E-state index contributed by atoms with van der Waals surface area (Å²) in [5.41, 5.74) is 2.29. The van der Waals surface area contributed by atoms with Crippen molar-refractivity contribution in [3.05, 3.63) is 47.6 Å². The molecule has 0 saturated carbocycles. The third-order valence-corrected chi connectivity index (χ3v) is 3.64. The van der Waals surface area contributed by atoms with Gasteiger partial charge in [0.05, 0.1) is 0 Å². The monoisotopic (exact) mass is 329 g/mol. The second-order valence-corrected chi connectivity index (χ2v) is 6.91. The SMILES string of the molecule is CC1CC=C(c2ccc(NC(=O)OC(C)(C)C)cc2)C=C1C(=O)O. The zero-order valence-corrected chi connectivity index (χ0v) is 14.4. The van der Waals surface area contributed by atoms with Crippen molar-refractivity contribution in [1.82, 2.24) is 0 Å². The molecule has 0 aromatic heterocycles. The average molecular weight is 329 g/mol. The summed E-state index contributed by atoms with van der Waals surface area (Å²) in [6, 6.07) is 7.24. The van der Waals surface area contributed by atoms with Crippen molar-refractivity contribution in [3.63, 3.8) is 0 Å². The van der Waals surface area contributed by atoms with Crippen molar-refractivity contribution < 1.29 is 19.4 Å². The van der Waals surface area contributed by atoms with Crippen LogP contribution in [-0.4, -0.2) is 22.8 Å². The van der Waals surface area contributed by atoms with Gasteiger partial charge in [0, 0.05) is 11.3 Å². The Kier molecular flexibility index (Phi) is 5.12. The molecule has 0 spiro atoms. The average Bonchev–Trinajstić information content (AvgIpc) is 2.46. The molecule has 128 valence electrons. The fourth-order valence-electron chi connectivity index (χ4n) is 2.44. The first-order valence-corrected chi connectivity index (χ1v) is 7.91. The summed E-state index contributed by atoms with van der Waals surface area (Å²) in [6.45, 7) is 7.32. The predicted octanol–water partition coefficient (Wildman–Crippen LogP) is 4.47. The second kappa shape index (κ2) is 6.91. The lowest BCUT2D eigenvalue weighted by Gasteiger charge is -2.20. The number of carbonyl (C=O) groups excluding carboxylic acids is 1. The zero-order chi connectivity index (χ0) is 17.9. The minimum Gasteiger partial charge on any atom is -0.478 e. The number of hydrogen-bond donors (Lipinski definition) is 2. The molecule has 24 heavy (non-hydrogen) atoms. The summed E-state index contributed by atoms with van der Waals surface area (Å²) in [6.07, 6.45) is 3.94. The molecule has 1 aliphatic carbocycles. The van der Waals surface area contributed by atoms with Crippen LogP contribution in [0.5, 0.6) is 0 Å². The number of carboxylic acids is 1. The van der Waals surface area contributed by atoms with E-state index in [0.717, 1.165) is 11.1 Å². The number of carboxylic acid groups (broad SMARTS) is 1. The molecule has 1 atom stereocenters. The maximum atomic E-state index is 11.7. The van der Waals surface area contributed by atoms with E-state index in [1.165, 1.54) is 0 Å². The zero-order valence-electron chi connectivity index (χ0n) is 14.4. The molecular weight excluding hydrogens is 306 g/mol. The Labute approximate surface area is 142 Å². The van der Waals surface area contributed by atoms with E-state index in [4.69, 9.17) is 4.74 Å². The molecule has 5 heteroatoms. The largest absolute Gasteiger partial charge is 0.478 e. The van der Waals surface area contributed by atoms with E-state index in [0.29, 0.717) is 17.7 Å². The minimum absolute atomic E-state index is 0.0133. The maximum absolute atomic E-state index is 11.7. The Morgan fingerprint density at radius 1 is 1.21 bits per heavy atom. The van der Waals surface area contributed by atoms with Gasteiger partial charge in [0.1, 0.15) is 5.60 Å². The smallest absolute Gasteiger partial charge is 0.412 e. The van der Waals surface area contributed by atoms with E-state index in [1.807, 2.05) is 25.1 Å². The highest BCUT2D eigenvalue weighted by molar-refractivity contribution is 5.93. The van der Waals surface area contributed by atoms with Crippen LogP contribution in [0.15, 0.2) is 42.0 Å². The Hall–Kier alpha value is -2.56. The number of benzene rings is 1. The summed E-state index contributed by atoms with van der Waals surface area (Å²) >= 11 is 0. The standard InChI is InChI=1S/C19H23NO4/c1-12-5-6-14(11-16(12)17(21)22)13-7-9-15(10-8-13)20-18(23)24-19(2,3)4/h6-12H,5H2,1-4H3,(H,20,23)(H,21,22). The molecule has 0 bridgehead atoms. The summed E-state index contributed by atoms with van der Waals surface area (Å²) in [5.74, 6) is -0.865. The number of rotatable bonds is 3. The van der Waals surface area contributed by atoms with E-state index >= 15 is 0 Å². The summed E-state index contributed by atoms with van der Waals surface area (Å²) < 4.78 is 5.20. The van der Waals surface area contributed by atoms with Gasteiger partial charge in [-0.05, 0) is 62.5 Å². The first-order chi connectivity index (χ1) is 11.2.